The first-order valence-electron chi connectivity index (χ1n) is 5.78. The zero-order valence-electron chi connectivity index (χ0n) is 10.8. The van der Waals surface area contributed by atoms with E-state index in [1.807, 2.05) is 0 Å². The molecule has 1 atom stereocenters. The molecule has 1 unspecified atom stereocenters. The van der Waals surface area contributed by atoms with E-state index in [1.165, 1.54) is 6.20 Å². The molecule has 2 N–H and O–H groups in total. The molecule has 2 rings (SSSR count). The predicted octanol–water partition coefficient (Wildman–Crippen LogP) is 3.06. The van der Waals surface area contributed by atoms with Crippen LogP contribution in [0.5, 0.6) is 0 Å². The summed E-state index contributed by atoms with van der Waals surface area (Å²) >= 11 is 11.8. The Labute approximate surface area is 127 Å². The highest BCUT2D eigenvalue weighted by Crippen LogP contribution is 2.26. The molecule has 1 heterocycles. The monoisotopic (exact) mass is 333 g/mol. The smallest absolute Gasteiger partial charge is 0.244 e. The summed E-state index contributed by atoms with van der Waals surface area (Å²) in [6.45, 7) is 3.37. The van der Waals surface area contributed by atoms with Gasteiger partial charge in [-0.3, -0.25) is 5.10 Å². The van der Waals surface area contributed by atoms with Crippen LogP contribution in [0.25, 0.3) is 0 Å². The summed E-state index contributed by atoms with van der Waals surface area (Å²) in [5.74, 6) is 0. The van der Waals surface area contributed by atoms with Gasteiger partial charge in [0, 0.05) is 6.04 Å². The molecular formula is C12H13Cl2N3O2S. The molecule has 0 saturated heterocycles. The van der Waals surface area contributed by atoms with Gasteiger partial charge in [-0.25, -0.2) is 13.1 Å². The van der Waals surface area contributed by atoms with Gasteiger partial charge in [0.2, 0.25) is 10.0 Å². The normalized spacial score (nSPS) is 13.4. The Hall–Kier alpha value is -1.08. The van der Waals surface area contributed by atoms with Gasteiger partial charge in [-0.15, -0.1) is 0 Å². The van der Waals surface area contributed by atoms with Gasteiger partial charge in [0.15, 0.2) is 0 Å². The summed E-state index contributed by atoms with van der Waals surface area (Å²) in [5, 5.41) is 7.12. The summed E-state index contributed by atoms with van der Waals surface area (Å²) < 4.78 is 27.0. The average molecular weight is 334 g/mol. The average Bonchev–Trinajstić information content (AvgIpc) is 2.79. The van der Waals surface area contributed by atoms with E-state index in [4.69, 9.17) is 23.2 Å². The third-order valence-electron chi connectivity index (χ3n) is 2.85. The molecule has 108 valence electrons. The van der Waals surface area contributed by atoms with E-state index in [1.54, 1.807) is 32.0 Å². The number of nitrogens with zero attached hydrogens (tertiary/aromatic N) is 1. The molecule has 0 bridgehead atoms. The number of aromatic amines is 1. The Morgan fingerprint density at radius 3 is 2.55 bits per heavy atom. The second kappa shape index (κ2) is 5.73. The molecule has 2 aromatic rings. The molecule has 0 spiro atoms. The number of halogens is 2. The van der Waals surface area contributed by atoms with Gasteiger partial charge in [-0.2, -0.15) is 5.10 Å². The van der Waals surface area contributed by atoms with Crippen LogP contribution >= 0.6 is 23.2 Å². The molecular weight excluding hydrogens is 321 g/mol. The van der Waals surface area contributed by atoms with Crippen LogP contribution in [0.2, 0.25) is 10.0 Å². The van der Waals surface area contributed by atoms with Crippen LogP contribution < -0.4 is 4.72 Å². The van der Waals surface area contributed by atoms with E-state index in [9.17, 15) is 8.42 Å². The maximum Gasteiger partial charge on any atom is 0.244 e. The third kappa shape index (κ3) is 3.15. The quantitative estimate of drug-likeness (QED) is 0.902. The van der Waals surface area contributed by atoms with E-state index in [2.05, 4.69) is 14.9 Å². The van der Waals surface area contributed by atoms with Crippen molar-refractivity contribution in [3.8, 4) is 0 Å². The summed E-state index contributed by atoms with van der Waals surface area (Å²) in [4.78, 5) is 0.129. The van der Waals surface area contributed by atoms with Crippen molar-refractivity contribution < 1.29 is 8.42 Å². The molecule has 0 aliphatic heterocycles. The molecule has 0 aliphatic carbocycles. The minimum Gasteiger partial charge on any atom is -0.281 e. The van der Waals surface area contributed by atoms with E-state index in [0.29, 0.717) is 15.7 Å². The number of H-pyrrole nitrogens is 1. The van der Waals surface area contributed by atoms with Crippen LogP contribution in [-0.2, 0) is 10.0 Å². The van der Waals surface area contributed by atoms with Crippen molar-refractivity contribution in [2.75, 3.05) is 0 Å². The lowest BCUT2D eigenvalue weighted by atomic mass is 10.1. The van der Waals surface area contributed by atoms with Gasteiger partial charge in [0.25, 0.3) is 0 Å². The minimum atomic E-state index is -3.64. The van der Waals surface area contributed by atoms with Crippen molar-refractivity contribution >= 4 is 33.2 Å². The van der Waals surface area contributed by atoms with Crippen LogP contribution in [0.4, 0.5) is 0 Å². The SMILES string of the molecule is Cc1[nH]ncc1S(=O)(=O)NC(C)c1ccc(Cl)c(Cl)c1. The van der Waals surface area contributed by atoms with Crippen molar-refractivity contribution in [2.24, 2.45) is 0 Å². The molecule has 0 radical (unpaired) electrons. The maximum absolute atomic E-state index is 12.2. The zero-order chi connectivity index (χ0) is 14.9. The second-order valence-electron chi connectivity index (χ2n) is 4.38. The third-order valence-corrected chi connectivity index (χ3v) is 5.24. The molecule has 5 nitrogen and oxygen atoms in total. The Kier molecular flexibility index (Phi) is 4.39. The van der Waals surface area contributed by atoms with Gasteiger partial charge in [0.05, 0.1) is 21.9 Å². The van der Waals surface area contributed by atoms with Crippen LogP contribution in [0.1, 0.15) is 24.2 Å². The maximum atomic E-state index is 12.2. The van der Waals surface area contributed by atoms with E-state index >= 15 is 0 Å². The molecule has 20 heavy (non-hydrogen) atoms. The molecule has 1 aromatic heterocycles. The first kappa shape index (κ1) is 15.3. The second-order valence-corrected chi connectivity index (χ2v) is 6.87. The number of hydrogen-bond acceptors (Lipinski definition) is 3. The summed E-state index contributed by atoms with van der Waals surface area (Å²) in [5.41, 5.74) is 1.21. The lowest BCUT2D eigenvalue weighted by molar-refractivity contribution is 0.566. The molecule has 0 amide bonds. The van der Waals surface area contributed by atoms with Crippen LogP contribution in [0.3, 0.4) is 0 Å². The topological polar surface area (TPSA) is 74.8 Å². The highest BCUT2D eigenvalue weighted by Gasteiger charge is 2.22. The molecule has 1 aromatic carbocycles. The Balaban J connectivity index is 2.25. The number of hydrogen-bond donors (Lipinski definition) is 2. The standard InChI is InChI=1S/C12H13Cl2N3O2S/c1-7(9-3-4-10(13)11(14)5-9)17-20(18,19)12-6-15-16-8(12)2/h3-7,17H,1-2H3,(H,15,16). The van der Waals surface area contributed by atoms with Crippen molar-refractivity contribution in [3.63, 3.8) is 0 Å². The van der Waals surface area contributed by atoms with Crippen molar-refractivity contribution in [2.45, 2.75) is 24.8 Å². The first-order valence-corrected chi connectivity index (χ1v) is 8.02. The van der Waals surface area contributed by atoms with Crippen molar-refractivity contribution in [1.29, 1.82) is 0 Å². The van der Waals surface area contributed by atoms with Gasteiger partial charge in [-0.05, 0) is 31.5 Å². The summed E-state index contributed by atoms with van der Waals surface area (Å²) in [6.07, 6.45) is 1.28. The molecule has 0 fully saturated rings. The van der Waals surface area contributed by atoms with Gasteiger partial charge >= 0.3 is 0 Å². The number of rotatable bonds is 4. The van der Waals surface area contributed by atoms with Gasteiger partial charge in [0.1, 0.15) is 4.90 Å². The highest BCUT2D eigenvalue weighted by atomic mass is 35.5. The fraction of sp³-hybridized carbons (Fsp3) is 0.250. The Morgan fingerprint density at radius 1 is 1.30 bits per heavy atom. The fourth-order valence-corrected chi connectivity index (χ4v) is 3.43. The first-order chi connectivity index (χ1) is 9.31. The minimum absolute atomic E-state index is 0.129. The van der Waals surface area contributed by atoms with Crippen LogP contribution in [0.15, 0.2) is 29.3 Å². The largest absolute Gasteiger partial charge is 0.281 e. The molecule has 8 heteroatoms. The molecule has 0 saturated carbocycles. The van der Waals surface area contributed by atoms with Crippen LogP contribution in [0, 0.1) is 6.92 Å². The number of aryl methyl sites for hydroxylation is 1. The van der Waals surface area contributed by atoms with E-state index < -0.39 is 16.1 Å². The Bertz CT molecular complexity index is 728. The van der Waals surface area contributed by atoms with Crippen LogP contribution in [-0.4, -0.2) is 18.6 Å². The highest BCUT2D eigenvalue weighted by molar-refractivity contribution is 7.89. The summed E-state index contributed by atoms with van der Waals surface area (Å²) in [7, 11) is -3.64. The van der Waals surface area contributed by atoms with Crippen molar-refractivity contribution in [3.05, 3.63) is 45.7 Å². The molecule has 0 aliphatic rings. The van der Waals surface area contributed by atoms with Crippen molar-refractivity contribution in [1.82, 2.24) is 14.9 Å². The number of sulfonamides is 1. The summed E-state index contributed by atoms with van der Waals surface area (Å²) in [6, 6.07) is 4.56. The number of nitrogens with one attached hydrogen (secondary N) is 2. The van der Waals surface area contributed by atoms with Gasteiger partial charge in [-0.1, -0.05) is 29.3 Å². The zero-order valence-corrected chi connectivity index (χ0v) is 13.1. The van der Waals surface area contributed by atoms with E-state index in [-0.39, 0.29) is 4.90 Å². The number of aromatic nitrogens is 2. The number of benzene rings is 1. The Morgan fingerprint density at radius 2 is 2.00 bits per heavy atom. The predicted molar refractivity (Wildman–Crippen MR) is 78.5 cm³/mol. The fourth-order valence-electron chi connectivity index (χ4n) is 1.76. The lowest BCUT2D eigenvalue weighted by Crippen LogP contribution is -2.27. The van der Waals surface area contributed by atoms with Gasteiger partial charge < -0.3 is 0 Å². The lowest BCUT2D eigenvalue weighted by Gasteiger charge is -2.15. The van der Waals surface area contributed by atoms with E-state index in [0.717, 1.165) is 5.56 Å².